The Kier molecular flexibility index (Phi) is 3.33. The molecule has 1 aromatic heterocycles. The predicted molar refractivity (Wildman–Crippen MR) is 65.2 cm³/mol. The fraction of sp³-hybridized carbons (Fsp3) is 0. The molecule has 0 bridgehead atoms. The van der Waals surface area contributed by atoms with Crippen LogP contribution in [0.25, 0.3) is 6.08 Å². The highest BCUT2D eigenvalue weighted by Gasteiger charge is 2.10. The molecule has 0 fully saturated rings. The van der Waals surface area contributed by atoms with Gasteiger partial charge in [0.2, 0.25) is 0 Å². The summed E-state index contributed by atoms with van der Waals surface area (Å²) >= 11 is 0. The van der Waals surface area contributed by atoms with Crippen molar-refractivity contribution in [3.05, 3.63) is 70.0 Å². The summed E-state index contributed by atoms with van der Waals surface area (Å²) in [5.74, 6) is -0.262. The van der Waals surface area contributed by atoms with Gasteiger partial charge in [-0.1, -0.05) is 30.3 Å². The second-order valence-corrected chi connectivity index (χ2v) is 3.50. The molecule has 0 saturated heterocycles. The maximum atomic E-state index is 11.7. The first-order valence-electron chi connectivity index (χ1n) is 5.18. The van der Waals surface area contributed by atoms with Crippen LogP contribution in [0.1, 0.15) is 16.1 Å². The summed E-state index contributed by atoms with van der Waals surface area (Å²) in [6.07, 6.45) is 2.72. The molecule has 0 atom stereocenters. The van der Waals surface area contributed by atoms with E-state index in [1.807, 2.05) is 6.07 Å². The largest absolute Gasteiger partial charge is 0.433 e. The van der Waals surface area contributed by atoms with Crippen LogP contribution in [-0.4, -0.2) is 10.7 Å². The number of allylic oxidation sites excluding steroid dienone is 1. The Hall–Kier alpha value is -2.69. The van der Waals surface area contributed by atoms with Crippen LogP contribution in [0.5, 0.6) is 0 Å². The van der Waals surface area contributed by atoms with Gasteiger partial charge in [-0.05, 0) is 18.2 Å². The molecule has 2 rings (SSSR count). The molecular formula is C13H9NO4. The van der Waals surface area contributed by atoms with Crippen molar-refractivity contribution in [3.63, 3.8) is 0 Å². The third kappa shape index (κ3) is 2.70. The molecule has 0 aliphatic heterocycles. The lowest BCUT2D eigenvalue weighted by Crippen LogP contribution is -1.92. The van der Waals surface area contributed by atoms with E-state index in [1.165, 1.54) is 24.3 Å². The van der Waals surface area contributed by atoms with Crippen LogP contribution in [0.4, 0.5) is 5.88 Å². The molecule has 5 heteroatoms. The standard InChI is InChI=1S/C13H9NO4/c15-12(10-4-2-1-3-5-10)8-6-11-7-9-13(18-11)14(16)17/h1-9H/b8-6+. The molecule has 1 aromatic carbocycles. The molecule has 0 amide bonds. The van der Waals surface area contributed by atoms with E-state index in [4.69, 9.17) is 4.42 Å². The Morgan fingerprint density at radius 1 is 1.17 bits per heavy atom. The first-order chi connectivity index (χ1) is 8.66. The molecular weight excluding hydrogens is 234 g/mol. The van der Waals surface area contributed by atoms with Crippen LogP contribution in [0.15, 0.2) is 53.0 Å². The fourth-order valence-corrected chi connectivity index (χ4v) is 1.39. The number of hydrogen-bond acceptors (Lipinski definition) is 4. The van der Waals surface area contributed by atoms with Crippen LogP contribution >= 0.6 is 0 Å². The quantitative estimate of drug-likeness (QED) is 0.358. The zero-order chi connectivity index (χ0) is 13.0. The van der Waals surface area contributed by atoms with Gasteiger partial charge in [0.25, 0.3) is 0 Å². The van der Waals surface area contributed by atoms with Gasteiger partial charge in [-0.15, -0.1) is 0 Å². The summed E-state index contributed by atoms with van der Waals surface area (Å²) in [6, 6.07) is 11.4. The Morgan fingerprint density at radius 2 is 1.89 bits per heavy atom. The summed E-state index contributed by atoms with van der Waals surface area (Å²) in [5, 5.41) is 10.4. The highest BCUT2D eigenvalue weighted by Crippen LogP contribution is 2.16. The van der Waals surface area contributed by atoms with Crippen LogP contribution in [0.3, 0.4) is 0 Å². The van der Waals surface area contributed by atoms with Crippen LogP contribution in [0.2, 0.25) is 0 Å². The van der Waals surface area contributed by atoms with E-state index >= 15 is 0 Å². The summed E-state index contributed by atoms with van der Waals surface area (Å²) in [7, 11) is 0. The van der Waals surface area contributed by atoms with Crippen molar-refractivity contribution in [2.45, 2.75) is 0 Å². The molecule has 2 aromatic rings. The summed E-state index contributed by atoms with van der Waals surface area (Å²) in [5.41, 5.74) is 0.551. The minimum absolute atomic E-state index is 0.186. The average molecular weight is 243 g/mol. The maximum Gasteiger partial charge on any atom is 0.433 e. The molecule has 0 aliphatic rings. The van der Waals surface area contributed by atoms with E-state index in [9.17, 15) is 14.9 Å². The number of carbonyl (C=O) groups is 1. The minimum Gasteiger partial charge on any atom is -0.401 e. The minimum atomic E-state index is -0.629. The van der Waals surface area contributed by atoms with Gasteiger partial charge in [0.1, 0.15) is 10.7 Å². The molecule has 90 valence electrons. The molecule has 0 spiro atoms. The lowest BCUT2D eigenvalue weighted by molar-refractivity contribution is -0.402. The Balaban J connectivity index is 2.11. The Bertz CT molecular complexity index is 598. The normalized spacial score (nSPS) is 10.7. The molecule has 5 nitrogen and oxygen atoms in total. The lowest BCUT2D eigenvalue weighted by Gasteiger charge is -1.92. The SMILES string of the molecule is O=C(/C=C/c1ccc([N+](=O)[O-])o1)c1ccccc1. The number of benzene rings is 1. The number of nitro groups is 1. The monoisotopic (exact) mass is 243 g/mol. The maximum absolute atomic E-state index is 11.7. The van der Waals surface area contributed by atoms with Gasteiger partial charge in [-0.25, -0.2) is 0 Å². The van der Waals surface area contributed by atoms with Crippen molar-refractivity contribution < 1.29 is 14.1 Å². The van der Waals surface area contributed by atoms with Gasteiger partial charge < -0.3 is 4.42 Å². The van der Waals surface area contributed by atoms with E-state index in [-0.39, 0.29) is 17.4 Å². The number of furan rings is 1. The first-order valence-corrected chi connectivity index (χ1v) is 5.18. The summed E-state index contributed by atoms with van der Waals surface area (Å²) in [4.78, 5) is 21.5. The molecule has 18 heavy (non-hydrogen) atoms. The molecule has 0 saturated carbocycles. The van der Waals surface area contributed by atoms with E-state index in [0.717, 1.165) is 0 Å². The van der Waals surface area contributed by atoms with Crippen molar-refractivity contribution in [3.8, 4) is 0 Å². The van der Waals surface area contributed by atoms with Crippen LogP contribution < -0.4 is 0 Å². The zero-order valence-electron chi connectivity index (χ0n) is 9.28. The van der Waals surface area contributed by atoms with Gasteiger partial charge in [-0.3, -0.25) is 14.9 Å². The predicted octanol–water partition coefficient (Wildman–Crippen LogP) is 3.08. The topological polar surface area (TPSA) is 73.3 Å². The zero-order valence-corrected chi connectivity index (χ0v) is 9.28. The lowest BCUT2D eigenvalue weighted by atomic mass is 10.1. The van der Waals surface area contributed by atoms with Crippen molar-refractivity contribution >= 4 is 17.7 Å². The summed E-state index contributed by atoms with van der Waals surface area (Å²) in [6.45, 7) is 0. The highest BCUT2D eigenvalue weighted by molar-refractivity contribution is 6.06. The van der Waals surface area contributed by atoms with Gasteiger partial charge in [0.05, 0.1) is 6.07 Å². The smallest absolute Gasteiger partial charge is 0.401 e. The van der Waals surface area contributed by atoms with Gasteiger partial charge in [-0.2, -0.15) is 0 Å². The molecule has 0 unspecified atom stereocenters. The third-order valence-corrected chi connectivity index (χ3v) is 2.25. The van der Waals surface area contributed by atoms with Gasteiger partial charge in [0, 0.05) is 5.56 Å². The van der Waals surface area contributed by atoms with E-state index in [1.54, 1.807) is 24.3 Å². The van der Waals surface area contributed by atoms with Crippen molar-refractivity contribution in [2.24, 2.45) is 0 Å². The highest BCUT2D eigenvalue weighted by atomic mass is 16.6. The van der Waals surface area contributed by atoms with Crippen LogP contribution in [-0.2, 0) is 0 Å². The number of ketones is 1. The number of carbonyl (C=O) groups excluding carboxylic acids is 1. The Labute approximate surface area is 103 Å². The van der Waals surface area contributed by atoms with E-state index in [0.29, 0.717) is 5.56 Å². The summed E-state index contributed by atoms with van der Waals surface area (Å²) < 4.78 is 4.89. The third-order valence-electron chi connectivity index (χ3n) is 2.25. The van der Waals surface area contributed by atoms with E-state index in [2.05, 4.69) is 0 Å². The van der Waals surface area contributed by atoms with Crippen molar-refractivity contribution in [1.82, 2.24) is 0 Å². The average Bonchev–Trinajstić information content (AvgIpc) is 2.86. The van der Waals surface area contributed by atoms with Crippen LogP contribution in [0, 0.1) is 10.1 Å². The second kappa shape index (κ2) is 5.09. The molecule has 0 radical (unpaired) electrons. The number of hydrogen-bond donors (Lipinski definition) is 0. The first kappa shape index (κ1) is 11.8. The number of rotatable bonds is 4. The Morgan fingerprint density at radius 3 is 2.50 bits per heavy atom. The van der Waals surface area contributed by atoms with Crippen molar-refractivity contribution in [2.75, 3.05) is 0 Å². The molecule has 1 heterocycles. The molecule has 0 N–H and O–H groups in total. The van der Waals surface area contributed by atoms with Gasteiger partial charge in [0.15, 0.2) is 5.78 Å². The fourth-order valence-electron chi connectivity index (χ4n) is 1.39. The number of nitrogens with zero attached hydrogens (tertiary/aromatic N) is 1. The van der Waals surface area contributed by atoms with Crippen molar-refractivity contribution in [1.29, 1.82) is 0 Å². The second-order valence-electron chi connectivity index (χ2n) is 3.50. The molecule has 0 aliphatic carbocycles. The van der Waals surface area contributed by atoms with E-state index < -0.39 is 4.92 Å². The van der Waals surface area contributed by atoms with Gasteiger partial charge >= 0.3 is 5.88 Å².